The first-order chi connectivity index (χ1) is 8.65. The molecule has 0 saturated carbocycles. The van der Waals surface area contributed by atoms with E-state index in [0.29, 0.717) is 5.56 Å². The van der Waals surface area contributed by atoms with Gasteiger partial charge in [0.2, 0.25) is 5.95 Å². The molecule has 92 valence electrons. The van der Waals surface area contributed by atoms with Crippen LogP contribution in [-0.4, -0.2) is 21.4 Å². The number of nitrogens with zero attached hydrogens (tertiary/aromatic N) is 3. The Morgan fingerprint density at radius 3 is 2.72 bits per heavy atom. The lowest BCUT2D eigenvalue weighted by Crippen LogP contribution is -2.15. The number of hydrogen-bond acceptors (Lipinski definition) is 5. The van der Waals surface area contributed by atoms with E-state index in [2.05, 4.69) is 25.7 Å². The molecule has 2 rings (SSSR count). The van der Waals surface area contributed by atoms with Gasteiger partial charge in [0.05, 0.1) is 6.21 Å². The Morgan fingerprint density at radius 2 is 2.06 bits per heavy atom. The Labute approximate surface area is 102 Å². The topological polar surface area (TPSA) is 83.0 Å². The van der Waals surface area contributed by atoms with Crippen molar-refractivity contribution in [3.8, 4) is 0 Å². The molecular weight excluding hydrogens is 237 g/mol. The number of hydrazone groups is 1. The van der Waals surface area contributed by atoms with E-state index in [1.165, 1.54) is 18.3 Å². The number of rotatable bonds is 3. The number of aromatic nitrogens is 3. The molecule has 6 nitrogen and oxygen atoms in total. The minimum absolute atomic E-state index is 0.143. The van der Waals surface area contributed by atoms with Gasteiger partial charge >= 0.3 is 0 Å². The molecule has 1 heterocycles. The van der Waals surface area contributed by atoms with E-state index >= 15 is 0 Å². The lowest BCUT2D eigenvalue weighted by molar-refractivity contribution is 0.628. The SMILES string of the molecule is Cc1nnc(N/N=C/c2ccc(F)cc2)[nH]c1=O. The highest BCUT2D eigenvalue weighted by molar-refractivity contribution is 5.79. The first kappa shape index (κ1) is 11.9. The standard InChI is InChI=1S/C11H10FN5O/c1-7-10(18)14-11(17-15-7)16-13-6-8-2-4-9(12)5-3-8/h2-6H,1H3,(H2,14,16,17,18)/b13-6+. The van der Waals surface area contributed by atoms with Crippen LogP contribution < -0.4 is 11.0 Å². The third kappa shape index (κ3) is 2.97. The lowest BCUT2D eigenvalue weighted by Gasteiger charge is -1.97. The molecule has 0 unspecified atom stereocenters. The molecule has 0 atom stereocenters. The first-order valence-corrected chi connectivity index (χ1v) is 5.13. The molecule has 2 aromatic rings. The van der Waals surface area contributed by atoms with E-state index in [1.54, 1.807) is 19.1 Å². The molecule has 0 radical (unpaired) electrons. The van der Waals surface area contributed by atoms with Crippen molar-refractivity contribution in [3.05, 3.63) is 51.7 Å². The highest BCUT2D eigenvalue weighted by Crippen LogP contribution is 2.00. The largest absolute Gasteiger partial charge is 0.288 e. The van der Waals surface area contributed by atoms with Crippen LogP contribution in [0.1, 0.15) is 11.3 Å². The van der Waals surface area contributed by atoms with E-state index in [-0.39, 0.29) is 23.0 Å². The average molecular weight is 247 g/mol. The maximum absolute atomic E-state index is 12.6. The van der Waals surface area contributed by atoms with Gasteiger partial charge in [-0.1, -0.05) is 12.1 Å². The second-order valence-electron chi connectivity index (χ2n) is 3.51. The summed E-state index contributed by atoms with van der Waals surface area (Å²) in [6.45, 7) is 1.55. The van der Waals surface area contributed by atoms with Crippen molar-refractivity contribution < 1.29 is 4.39 Å². The third-order valence-electron chi connectivity index (χ3n) is 2.11. The number of aromatic amines is 1. The Morgan fingerprint density at radius 1 is 1.33 bits per heavy atom. The molecular formula is C11H10FN5O. The summed E-state index contributed by atoms with van der Waals surface area (Å²) in [5.74, 6) is -0.169. The van der Waals surface area contributed by atoms with Crippen molar-refractivity contribution >= 4 is 12.2 Å². The first-order valence-electron chi connectivity index (χ1n) is 5.13. The molecule has 1 aromatic heterocycles. The molecule has 0 aliphatic rings. The van der Waals surface area contributed by atoms with Gasteiger partial charge < -0.3 is 0 Å². The fraction of sp³-hybridized carbons (Fsp3) is 0.0909. The maximum Gasteiger partial charge on any atom is 0.274 e. The van der Waals surface area contributed by atoms with Gasteiger partial charge in [0.15, 0.2) is 0 Å². The molecule has 7 heteroatoms. The van der Waals surface area contributed by atoms with E-state index in [9.17, 15) is 9.18 Å². The van der Waals surface area contributed by atoms with Crippen LogP contribution in [0, 0.1) is 12.7 Å². The van der Waals surface area contributed by atoms with Crippen molar-refractivity contribution in [1.29, 1.82) is 0 Å². The highest BCUT2D eigenvalue weighted by atomic mass is 19.1. The molecule has 0 saturated heterocycles. The Balaban J connectivity index is 2.04. The van der Waals surface area contributed by atoms with Gasteiger partial charge in [-0.3, -0.25) is 9.78 Å². The summed E-state index contributed by atoms with van der Waals surface area (Å²) >= 11 is 0. The average Bonchev–Trinajstić information content (AvgIpc) is 2.36. The number of aryl methyl sites for hydroxylation is 1. The quantitative estimate of drug-likeness (QED) is 0.627. The Kier molecular flexibility index (Phi) is 3.42. The van der Waals surface area contributed by atoms with Crippen LogP contribution in [-0.2, 0) is 0 Å². The van der Waals surface area contributed by atoms with Gasteiger partial charge in [-0.2, -0.15) is 5.10 Å². The smallest absolute Gasteiger partial charge is 0.274 e. The predicted molar refractivity (Wildman–Crippen MR) is 65.0 cm³/mol. The summed E-state index contributed by atoms with van der Waals surface area (Å²) in [4.78, 5) is 13.7. The van der Waals surface area contributed by atoms with Crippen LogP contribution in [0.5, 0.6) is 0 Å². The molecule has 2 N–H and O–H groups in total. The molecule has 18 heavy (non-hydrogen) atoms. The fourth-order valence-corrected chi connectivity index (χ4v) is 1.16. The number of nitrogens with one attached hydrogen (secondary N) is 2. The van der Waals surface area contributed by atoms with Crippen molar-refractivity contribution in [2.75, 3.05) is 5.43 Å². The van der Waals surface area contributed by atoms with E-state index in [0.717, 1.165) is 0 Å². The number of halogens is 1. The van der Waals surface area contributed by atoms with Crippen LogP contribution in [0.3, 0.4) is 0 Å². The van der Waals surface area contributed by atoms with Crippen molar-refractivity contribution in [2.24, 2.45) is 5.10 Å². The fourth-order valence-electron chi connectivity index (χ4n) is 1.16. The number of anilines is 1. The van der Waals surface area contributed by atoms with Gasteiger partial charge in [-0.15, -0.1) is 10.2 Å². The van der Waals surface area contributed by atoms with Gasteiger partial charge in [0.25, 0.3) is 5.56 Å². The van der Waals surface area contributed by atoms with Gasteiger partial charge in [0.1, 0.15) is 11.5 Å². The van der Waals surface area contributed by atoms with Gasteiger partial charge in [0, 0.05) is 0 Å². The zero-order chi connectivity index (χ0) is 13.0. The molecule has 0 fully saturated rings. The van der Waals surface area contributed by atoms with E-state index in [4.69, 9.17) is 0 Å². The minimum atomic E-state index is -0.329. The molecule has 0 aliphatic heterocycles. The Hall–Kier alpha value is -2.57. The highest BCUT2D eigenvalue weighted by Gasteiger charge is 1.97. The number of benzene rings is 1. The summed E-state index contributed by atoms with van der Waals surface area (Å²) in [5.41, 5.74) is 3.19. The molecule has 1 aromatic carbocycles. The predicted octanol–water partition coefficient (Wildman–Crippen LogP) is 1.06. The maximum atomic E-state index is 12.6. The zero-order valence-electron chi connectivity index (χ0n) is 9.51. The summed E-state index contributed by atoms with van der Waals surface area (Å²) in [6, 6.07) is 5.80. The summed E-state index contributed by atoms with van der Waals surface area (Å²) in [7, 11) is 0. The van der Waals surface area contributed by atoms with E-state index in [1.807, 2.05) is 0 Å². The van der Waals surface area contributed by atoms with Crippen LogP contribution in [0.2, 0.25) is 0 Å². The lowest BCUT2D eigenvalue weighted by atomic mass is 10.2. The summed E-state index contributed by atoms with van der Waals surface area (Å²) in [5, 5.41) is 11.2. The third-order valence-corrected chi connectivity index (χ3v) is 2.11. The number of H-pyrrole nitrogens is 1. The second-order valence-corrected chi connectivity index (χ2v) is 3.51. The molecule has 0 bridgehead atoms. The monoisotopic (exact) mass is 247 g/mol. The second kappa shape index (κ2) is 5.17. The molecule has 0 spiro atoms. The molecule has 0 aliphatic carbocycles. The zero-order valence-corrected chi connectivity index (χ0v) is 9.51. The van der Waals surface area contributed by atoms with E-state index < -0.39 is 0 Å². The van der Waals surface area contributed by atoms with Crippen LogP contribution >= 0.6 is 0 Å². The van der Waals surface area contributed by atoms with Crippen LogP contribution in [0.4, 0.5) is 10.3 Å². The van der Waals surface area contributed by atoms with Crippen LogP contribution in [0.25, 0.3) is 0 Å². The van der Waals surface area contributed by atoms with Crippen molar-refractivity contribution in [3.63, 3.8) is 0 Å². The van der Waals surface area contributed by atoms with Crippen molar-refractivity contribution in [2.45, 2.75) is 6.92 Å². The van der Waals surface area contributed by atoms with Gasteiger partial charge in [-0.05, 0) is 24.6 Å². The van der Waals surface area contributed by atoms with Crippen molar-refractivity contribution in [1.82, 2.24) is 15.2 Å². The minimum Gasteiger partial charge on any atom is -0.288 e. The Bertz CT molecular complexity index is 620. The molecule has 0 amide bonds. The van der Waals surface area contributed by atoms with Gasteiger partial charge in [-0.25, -0.2) is 9.82 Å². The summed E-state index contributed by atoms with van der Waals surface area (Å²) < 4.78 is 12.6. The normalized spacial score (nSPS) is 10.8. The number of hydrogen-bond donors (Lipinski definition) is 2. The van der Waals surface area contributed by atoms with Crippen LogP contribution in [0.15, 0.2) is 34.2 Å². The summed E-state index contributed by atoms with van der Waals surface area (Å²) in [6.07, 6.45) is 1.47.